The summed E-state index contributed by atoms with van der Waals surface area (Å²) >= 11 is 6.06. The maximum Gasteiger partial charge on any atom is 0.251 e. The lowest BCUT2D eigenvalue weighted by atomic mass is 9.53. The number of halogens is 1. The molecule has 2 aromatic carbocycles. The van der Waals surface area contributed by atoms with Gasteiger partial charge in [-0.3, -0.25) is 9.10 Å². The van der Waals surface area contributed by atoms with Crippen molar-refractivity contribution < 1.29 is 13.2 Å². The average molecular weight is 473 g/mol. The summed E-state index contributed by atoms with van der Waals surface area (Å²) in [6.45, 7) is 0.177. The Kier molecular flexibility index (Phi) is 5.49. The van der Waals surface area contributed by atoms with Gasteiger partial charge in [0.15, 0.2) is 0 Å². The third-order valence-electron chi connectivity index (χ3n) is 7.46. The molecular weight excluding hydrogens is 444 g/mol. The highest BCUT2D eigenvalue weighted by Gasteiger charge is 2.51. The molecule has 0 saturated heterocycles. The second kappa shape index (κ2) is 8.07. The summed E-state index contributed by atoms with van der Waals surface area (Å²) in [5.74, 6) is 2.31. The van der Waals surface area contributed by atoms with E-state index in [9.17, 15) is 13.2 Å². The van der Waals surface area contributed by atoms with Crippen molar-refractivity contribution in [2.24, 2.45) is 17.8 Å². The second-order valence-electron chi connectivity index (χ2n) is 10.1. The zero-order valence-corrected chi connectivity index (χ0v) is 19.8. The Morgan fingerprint density at radius 1 is 1.03 bits per heavy atom. The maximum absolute atomic E-state index is 13.0. The van der Waals surface area contributed by atoms with Gasteiger partial charge >= 0.3 is 0 Å². The number of nitrogens with zero attached hydrogens (tertiary/aromatic N) is 1. The van der Waals surface area contributed by atoms with Crippen LogP contribution in [0.1, 0.15) is 54.4 Å². The first kappa shape index (κ1) is 21.8. The summed E-state index contributed by atoms with van der Waals surface area (Å²) in [5, 5.41) is 3.88. The lowest BCUT2D eigenvalue weighted by molar-refractivity contribution is -0.0167. The number of carbonyl (C=O) groups is 1. The van der Waals surface area contributed by atoms with Gasteiger partial charge in [-0.15, -0.1) is 0 Å². The van der Waals surface area contributed by atoms with Crippen LogP contribution in [0.3, 0.4) is 0 Å². The van der Waals surface area contributed by atoms with Crippen LogP contribution in [-0.4, -0.2) is 26.1 Å². The van der Waals surface area contributed by atoms with Crippen LogP contribution < -0.4 is 9.62 Å². The zero-order valence-electron chi connectivity index (χ0n) is 18.3. The molecule has 0 unspecified atom stereocenters. The van der Waals surface area contributed by atoms with Crippen LogP contribution in [0.5, 0.6) is 0 Å². The first-order valence-electron chi connectivity index (χ1n) is 11.3. The van der Waals surface area contributed by atoms with E-state index in [1.54, 1.807) is 36.4 Å². The third kappa shape index (κ3) is 4.40. The molecule has 4 aliphatic carbocycles. The van der Waals surface area contributed by atoms with E-state index in [0.717, 1.165) is 42.6 Å². The fourth-order valence-electron chi connectivity index (χ4n) is 6.54. The first-order chi connectivity index (χ1) is 15.2. The molecule has 1 N–H and O–H groups in total. The lowest BCUT2D eigenvalue weighted by Gasteiger charge is -2.56. The molecule has 0 radical (unpaired) electrons. The van der Waals surface area contributed by atoms with E-state index in [4.69, 9.17) is 11.6 Å². The zero-order chi connectivity index (χ0) is 22.5. The Balaban J connectivity index is 1.30. The number of rotatable bonds is 6. The molecule has 0 aliphatic heterocycles. The molecule has 2 aromatic rings. The molecular formula is C25H29ClN2O3S. The molecule has 5 nitrogen and oxygen atoms in total. The number of hydrogen-bond acceptors (Lipinski definition) is 3. The van der Waals surface area contributed by atoms with Gasteiger partial charge in [-0.25, -0.2) is 8.42 Å². The van der Waals surface area contributed by atoms with E-state index in [2.05, 4.69) is 5.32 Å². The van der Waals surface area contributed by atoms with Crippen molar-refractivity contribution >= 4 is 33.2 Å². The molecule has 0 spiro atoms. The minimum absolute atomic E-state index is 0.0201. The van der Waals surface area contributed by atoms with Crippen molar-refractivity contribution in [3.8, 4) is 0 Å². The normalized spacial score (nSPS) is 28.5. The third-order valence-corrected chi connectivity index (χ3v) is 8.83. The Hall–Kier alpha value is -2.05. The summed E-state index contributed by atoms with van der Waals surface area (Å²) in [7, 11) is -3.49. The van der Waals surface area contributed by atoms with Crippen molar-refractivity contribution in [3.63, 3.8) is 0 Å². The molecule has 0 heterocycles. The Morgan fingerprint density at radius 3 is 2.16 bits per heavy atom. The van der Waals surface area contributed by atoms with Crippen molar-refractivity contribution in [3.05, 3.63) is 64.7 Å². The van der Waals surface area contributed by atoms with Gasteiger partial charge in [-0.1, -0.05) is 29.8 Å². The molecule has 4 fully saturated rings. The van der Waals surface area contributed by atoms with Gasteiger partial charge in [-0.2, -0.15) is 0 Å². The highest BCUT2D eigenvalue weighted by molar-refractivity contribution is 7.92. The van der Waals surface area contributed by atoms with Crippen LogP contribution >= 0.6 is 11.6 Å². The molecule has 32 heavy (non-hydrogen) atoms. The quantitative estimate of drug-likeness (QED) is 0.643. The van der Waals surface area contributed by atoms with Crippen LogP contribution in [0, 0.1) is 17.8 Å². The van der Waals surface area contributed by atoms with E-state index in [1.165, 1.54) is 29.8 Å². The fraction of sp³-hybridized carbons (Fsp3) is 0.480. The van der Waals surface area contributed by atoms with Gasteiger partial charge in [0.1, 0.15) is 0 Å². The van der Waals surface area contributed by atoms with Crippen LogP contribution in [0.25, 0.3) is 0 Å². The van der Waals surface area contributed by atoms with Gasteiger partial charge in [0.2, 0.25) is 10.0 Å². The highest BCUT2D eigenvalue weighted by Crippen LogP contribution is 2.55. The summed E-state index contributed by atoms with van der Waals surface area (Å²) in [4.78, 5) is 13.0. The summed E-state index contributed by atoms with van der Waals surface area (Å²) < 4.78 is 26.1. The maximum atomic E-state index is 13.0. The molecule has 4 bridgehead atoms. The summed E-state index contributed by atoms with van der Waals surface area (Å²) in [5.41, 5.74) is 1.92. The molecule has 1 amide bonds. The van der Waals surface area contributed by atoms with Crippen LogP contribution in [0.15, 0.2) is 48.5 Å². The summed E-state index contributed by atoms with van der Waals surface area (Å²) in [6, 6.07) is 14.1. The van der Waals surface area contributed by atoms with E-state index >= 15 is 0 Å². The highest BCUT2D eigenvalue weighted by atomic mass is 35.5. The molecule has 6 rings (SSSR count). The smallest absolute Gasteiger partial charge is 0.251 e. The molecule has 4 saturated carbocycles. The number of sulfonamides is 1. The topological polar surface area (TPSA) is 66.5 Å². The number of benzene rings is 2. The first-order valence-corrected chi connectivity index (χ1v) is 13.6. The number of anilines is 1. The molecule has 4 aliphatic rings. The summed E-state index contributed by atoms with van der Waals surface area (Å²) in [6.07, 6.45) is 8.55. The fourth-order valence-corrected chi connectivity index (χ4v) is 7.60. The second-order valence-corrected chi connectivity index (χ2v) is 12.4. The monoisotopic (exact) mass is 472 g/mol. The van der Waals surface area contributed by atoms with Crippen molar-refractivity contribution in [1.82, 2.24) is 5.32 Å². The molecule has 7 heteroatoms. The van der Waals surface area contributed by atoms with Gasteiger partial charge in [0, 0.05) is 16.1 Å². The van der Waals surface area contributed by atoms with E-state index in [0.29, 0.717) is 16.3 Å². The number of amides is 1. The minimum atomic E-state index is -3.49. The Labute approximate surface area is 195 Å². The van der Waals surface area contributed by atoms with E-state index in [-0.39, 0.29) is 18.0 Å². The van der Waals surface area contributed by atoms with Gasteiger partial charge in [0.05, 0.1) is 18.5 Å². The van der Waals surface area contributed by atoms with Crippen LogP contribution in [-0.2, 0) is 16.6 Å². The van der Waals surface area contributed by atoms with E-state index in [1.807, 2.05) is 12.1 Å². The van der Waals surface area contributed by atoms with Crippen molar-refractivity contribution in [2.75, 3.05) is 10.6 Å². The van der Waals surface area contributed by atoms with Crippen molar-refractivity contribution in [1.29, 1.82) is 0 Å². The van der Waals surface area contributed by atoms with Gasteiger partial charge < -0.3 is 5.32 Å². The number of hydrogen-bond donors (Lipinski definition) is 1. The Bertz CT molecular complexity index is 1090. The van der Waals surface area contributed by atoms with Crippen LogP contribution in [0.2, 0.25) is 5.02 Å². The lowest BCUT2D eigenvalue weighted by Crippen LogP contribution is -2.59. The standard InChI is InChI=1S/C25H29ClN2O3S/c1-32(30,31)28(23-4-2-3-22(26)12-23)16-17-5-7-21(8-6-17)24(29)27-25-13-18-9-19(14-25)11-20(10-18)15-25/h2-8,12,18-20H,9-11,13-16H2,1H3,(H,27,29). The number of carbonyl (C=O) groups excluding carboxylic acids is 1. The number of nitrogens with one attached hydrogen (secondary N) is 1. The Morgan fingerprint density at radius 2 is 1.62 bits per heavy atom. The SMILES string of the molecule is CS(=O)(=O)N(Cc1ccc(C(=O)NC23CC4CC(CC(C4)C2)C3)cc1)c1cccc(Cl)c1. The molecule has 170 valence electrons. The predicted molar refractivity (Wildman–Crippen MR) is 127 cm³/mol. The molecule has 0 atom stereocenters. The average Bonchev–Trinajstić information content (AvgIpc) is 2.70. The van der Waals surface area contributed by atoms with Gasteiger partial charge in [0.25, 0.3) is 5.91 Å². The van der Waals surface area contributed by atoms with Crippen LogP contribution in [0.4, 0.5) is 5.69 Å². The molecule has 0 aromatic heterocycles. The van der Waals surface area contributed by atoms with Gasteiger partial charge in [-0.05, 0) is 92.2 Å². The van der Waals surface area contributed by atoms with Crippen molar-refractivity contribution in [2.45, 2.75) is 50.6 Å². The predicted octanol–water partition coefficient (Wildman–Crippen LogP) is 5.00. The largest absolute Gasteiger partial charge is 0.347 e. The minimum Gasteiger partial charge on any atom is -0.347 e. The van der Waals surface area contributed by atoms with E-state index < -0.39 is 10.0 Å².